The average Bonchev–Trinajstić information content (AvgIpc) is 2.84. The first kappa shape index (κ1) is 16.5. The Kier molecular flexibility index (Phi) is 4.55. The number of piperidine rings is 1. The maximum Gasteiger partial charge on any atom is 0.252 e. The summed E-state index contributed by atoms with van der Waals surface area (Å²) in [6.45, 7) is 6.02. The molecule has 0 saturated carbocycles. The van der Waals surface area contributed by atoms with Crippen molar-refractivity contribution < 1.29 is 9.59 Å². The average molecular weight is 328 g/mol. The predicted octanol–water partition coefficient (Wildman–Crippen LogP) is 1.57. The van der Waals surface area contributed by atoms with Crippen molar-refractivity contribution in [2.45, 2.75) is 32.7 Å². The summed E-state index contributed by atoms with van der Waals surface area (Å²) in [5.41, 5.74) is 7.12. The molecular formula is C18H24N4O2. The van der Waals surface area contributed by atoms with Crippen LogP contribution in [0.2, 0.25) is 0 Å². The van der Waals surface area contributed by atoms with Crippen molar-refractivity contribution in [2.24, 2.45) is 11.7 Å². The third kappa shape index (κ3) is 3.13. The van der Waals surface area contributed by atoms with Crippen molar-refractivity contribution in [3.63, 3.8) is 0 Å². The van der Waals surface area contributed by atoms with Gasteiger partial charge in [-0.25, -0.2) is 4.98 Å². The molecule has 2 bridgehead atoms. The summed E-state index contributed by atoms with van der Waals surface area (Å²) in [5.74, 6) is 0.279. The van der Waals surface area contributed by atoms with Gasteiger partial charge in [0, 0.05) is 31.9 Å². The van der Waals surface area contributed by atoms with Gasteiger partial charge in [-0.05, 0) is 38.8 Å². The number of pyridine rings is 1. The highest BCUT2D eigenvalue weighted by Gasteiger charge is 2.41. The molecule has 3 saturated heterocycles. The number of rotatable bonds is 4. The van der Waals surface area contributed by atoms with Gasteiger partial charge in [-0.2, -0.15) is 0 Å². The summed E-state index contributed by atoms with van der Waals surface area (Å²) in [4.78, 5) is 32.9. The maximum absolute atomic E-state index is 12.8. The van der Waals surface area contributed by atoms with Gasteiger partial charge in [-0.1, -0.05) is 11.6 Å². The Morgan fingerprint density at radius 1 is 1.38 bits per heavy atom. The van der Waals surface area contributed by atoms with Crippen molar-refractivity contribution in [3.05, 3.63) is 35.5 Å². The van der Waals surface area contributed by atoms with Crippen LogP contribution in [0, 0.1) is 5.92 Å². The Hall–Kier alpha value is -2.37. The monoisotopic (exact) mass is 328 g/mol. The molecule has 4 rings (SSSR count). The number of aromatic nitrogens is 1. The minimum atomic E-state index is -0.484. The van der Waals surface area contributed by atoms with E-state index in [0.29, 0.717) is 31.0 Å². The van der Waals surface area contributed by atoms with Gasteiger partial charge in [0.25, 0.3) is 5.91 Å². The van der Waals surface area contributed by atoms with Crippen molar-refractivity contribution in [1.29, 1.82) is 0 Å². The number of carbonyl (C=O) groups excluding carboxylic acids is 2. The van der Waals surface area contributed by atoms with Crippen molar-refractivity contribution in [1.82, 2.24) is 9.88 Å². The van der Waals surface area contributed by atoms with Gasteiger partial charge in [0.2, 0.25) is 5.91 Å². The minimum Gasteiger partial charge on any atom is -0.365 e. The smallest absolute Gasteiger partial charge is 0.252 e. The van der Waals surface area contributed by atoms with Crippen LogP contribution in [0.1, 0.15) is 37.0 Å². The molecule has 24 heavy (non-hydrogen) atoms. The number of hydrogen-bond donors (Lipinski definition) is 1. The summed E-state index contributed by atoms with van der Waals surface area (Å²) in [6.07, 6.45) is 5.64. The fourth-order valence-corrected chi connectivity index (χ4v) is 3.58. The number of nitrogens with zero attached hydrogens (tertiary/aromatic N) is 3. The zero-order valence-electron chi connectivity index (χ0n) is 14.2. The first-order chi connectivity index (χ1) is 11.5. The highest BCUT2D eigenvalue weighted by Crippen LogP contribution is 2.32. The van der Waals surface area contributed by atoms with E-state index in [2.05, 4.69) is 16.0 Å². The van der Waals surface area contributed by atoms with E-state index in [-0.39, 0.29) is 17.9 Å². The van der Waals surface area contributed by atoms with E-state index < -0.39 is 5.91 Å². The molecular weight excluding hydrogens is 304 g/mol. The van der Waals surface area contributed by atoms with E-state index in [1.54, 1.807) is 18.3 Å². The van der Waals surface area contributed by atoms with Crippen molar-refractivity contribution >= 4 is 17.6 Å². The Morgan fingerprint density at radius 3 is 2.88 bits per heavy atom. The molecule has 6 heteroatoms. The lowest BCUT2D eigenvalue weighted by Gasteiger charge is -2.35. The fraction of sp³-hybridized carbons (Fsp3) is 0.500. The highest BCUT2D eigenvalue weighted by molar-refractivity contribution is 5.97. The van der Waals surface area contributed by atoms with Crippen LogP contribution in [0.15, 0.2) is 30.0 Å². The van der Waals surface area contributed by atoms with Crippen LogP contribution in [0.5, 0.6) is 0 Å². The Balaban J connectivity index is 1.89. The molecule has 2 amide bonds. The van der Waals surface area contributed by atoms with Crippen LogP contribution in [-0.4, -0.2) is 47.4 Å². The molecule has 6 nitrogen and oxygen atoms in total. The molecule has 0 aromatic carbocycles. The summed E-state index contributed by atoms with van der Waals surface area (Å²) in [6, 6.07) is 3.55. The normalized spacial score (nSPS) is 23.2. The van der Waals surface area contributed by atoms with Gasteiger partial charge in [-0.3, -0.25) is 9.59 Å². The lowest BCUT2D eigenvalue weighted by molar-refractivity contribution is -0.139. The standard InChI is InChI=1S/C18H24N4O2/c1-12(2)7-9-22-14-6-5-13(18(22)24)10-21(11-14)17-15(16(19)23)4-3-8-20-17/h3-4,7-8,13-14H,5-6,9-11H2,1-2H3,(H2,19,23)/t13-,14+/m0/s1. The Labute approximate surface area is 142 Å². The quantitative estimate of drug-likeness (QED) is 0.851. The second-order valence-electron chi connectivity index (χ2n) is 6.84. The summed E-state index contributed by atoms with van der Waals surface area (Å²) < 4.78 is 0. The molecule has 0 spiro atoms. The second-order valence-corrected chi connectivity index (χ2v) is 6.84. The number of amides is 2. The Bertz CT molecular complexity index is 681. The predicted molar refractivity (Wildman–Crippen MR) is 92.6 cm³/mol. The molecule has 2 atom stereocenters. The molecule has 3 aliphatic heterocycles. The Morgan fingerprint density at radius 2 is 2.17 bits per heavy atom. The van der Waals surface area contributed by atoms with E-state index in [0.717, 1.165) is 12.8 Å². The SMILES string of the molecule is CC(C)=CCN1C(=O)[C@H]2CC[C@@H]1CN(c1ncccc1C(N)=O)C2. The molecule has 0 unspecified atom stereocenters. The molecule has 1 aromatic rings. The molecule has 3 aliphatic rings. The van der Waals surface area contributed by atoms with E-state index in [4.69, 9.17) is 5.73 Å². The van der Waals surface area contributed by atoms with Gasteiger partial charge in [-0.15, -0.1) is 0 Å². The van der Waals surface area contributed by atoms with Crippen LogP contribution in [0.3, 0.4) is 0 Å². The molecule has 1 aromatic heterocycles. The van der Waals surface area contributed by atoms with Crippen LogP contribution < -0.4 is 10.6 Å². The lowest BCUT2D eigenvalue weighted by atomic mass is 9.94. The van der Waals surface area contributed by atoms with Gasteiger partial charge in [0.05, 0.1) is 11.5 Å². The van der Waals surface area contributed by atoms with Crippen LogP contribution in [0.4, 0.5) is 5.82 Å². The van der Waals surface area contributed by atoms with Crippen LogP contribution >= 0.6 is 0 Å². The molecule has 4 heterocycles. The van der Waals surface area contributed by atoms with E-state index in [1.165, 1.54) is 5.57 Å². The van der Waals surface area contributed by atoms with Crippen molar-refractivity contribution in [3.8, 4) is 0 Å². The first-order valence-corrected chi connectivity index (χ1v) is 8.41. The second kappa shape index (κ2) is 6.63. The topological polar surface area (TPSA) is 79.5 Å². The third-order valence-electron chi connectivity index (χ3n) is 4.84. The molecule has 0 radical (unpaired) electrons. The molecule has 3 fully saturated rings. The van der Waals surface area contributed by atoms with Crippen molar-refractivity contribution in [2.75, 3.05) is 24.5 Å². The zero-order valence-corrected chi connectivity index (χ0v) is 14.2. The minimum absolute atomic E-state index is 0.0444. The van der Waals surface area contributed by atoms with Gasteiger partial charge in [0.15, 0.2) is 0 Å². The number of anilines is 1. The van der Waals surface area contributed by atoms with E-state index in [1.807, 2.05) is 18.7 Å². The summed E-state index contributed by atoms with van der Waals surface area (Å²) in [7, 11) is 0. The van der Waals surface area contributed by atoms with Gasteiger partial charge >= 0.3 is 0 Å². The highest BCUT2D eigenvalue weighted by atomic mass is 16.2. The largest absolute Gasteiger partial charge is 0.365 e. The number of fused-ring (bicyclic) bond motifs is 4. The van der Waals surface area contributed by atoms with Gasteiger partial charge < -0.3 is 15.5 Å². The number of carbonyl (C=O) groups is 2. The van der Waals surface area contributed by atoms with Gasteiger partial charge in [0.1, 0.15) is 5.82 Å². The number of allylic oxidation sites excluding steroid dienone is 1. The first-order valence-electron chi connectivity index (χ1n) is 8.41. The van der Waals surface area contributed by atoms with E-state index in [9.17, 15) is 9.59 Å². The molecule has 0 aliphatic carbocycles. The summed E-state index contributed by atoms with van der Waals surface area (Å²) >= 11 is 0. The molecule has 128 valence electrons. The number of nitrogens with two attached hydrogens (primary N) is 1. The zero-order chi connectivity index (χ0) is 17.3. The number of primary amides is 1. The summed E-state index contributed by atoms with van der Waals surface area (Å²) in [5, 5.41) is 0. The molecule has 2 N–H and O–H groups in total. The number of hydrogen-bond acceptors (Lipinski definition) is 4. The van der Waals surface area contributed by atoms with Crippen LogP contribution in [-0.2, 0) is 4.79 Å². The van der Waals surface area contributed by atoms with Crippen LogP contribution in [0.25, 0.3) is 0 Å². The fourth-order valence-electron chi connectivity index (χ4n) is 3.58. The lowest BCUT2D eigenvalue weighted by Crippen LogP contribution is -2.47. The van der Waals surface area contributed by atoms with E-state index >= 15 is 0 Å². The third-order valence-corrected chi connectivity index (χ3v) is 4.84. The maximum atomic E-state index is 12.8.